The molecule has 0 aromatic carbocycles. The van der Waals surface area contributed by atoms with Crippen molar-refractivity contribution in [1.29, 1.82) is 0 Å². The van der Waals surface area contributed by atoms with Crippen molar-refractivity contribution in [2.24, 2.45) is 11.3 Å². The van der Waals surface area contributed by atoms with Crippen molar-refractivity contribution >= 4 is 0 Å². The number of aromatic nitrogens is 2. The Morgan fingerprint density at radius 3 is 2.40 bits per heavy atom. The van der Waals surface area contributed by atoms with Crippen LogP contribution in [-0.4, -0.2) is 22.7 Å². The molecule has 1 saturated carbocycles. The van der Waals surface area contributed by atoms with Gasteiger partial charge < -0.3 is 9.84 Å². The van der Waals surface area contributed by atoms with Crippen LogP contribution < -0.4 is 5.32 Å². The summed E-state index contributed by atoms with van der Waals surface area (Å²) in [5, 5.41) is 7.69. The van der Waals surface area contributed by atoms with E-state index in [2.05, 4.69) is 64.0 Å². The van der Waals surface area contributed by atoms with Crippen LogP contribution >= 0.6 is 0 Å². The van der Waals surface area contributed by atoms with Gasteiger partial charge in [0.05, 0.1) is 0 Å². The zero-order valence-electron chi connectivity index (χ0n) is 14.0. The third-order valence-corrected chi connectivity index (χ3v) is 5.53. The standard InChI is InChI=1S/C16H29N3O/c1-14(2,3)13-18-12(19-20-13)10-11-8-9-16(6,17-7)15(11,4)5/h11,17H,8-10H2,1-7H3/t11-,16-/m0/s1. The highest BCUT2D eigenvalue weighted by Gasteiger charge is 2.50. The topological polar surface area (TPSA) is 51.0 Å². The maximum absolute atomic E-state index is 5.41. The molecule has 1 fully saturated rings. The summed E-state index contributed by atoms with van der Waals surface area (Å²) in [5.41, 5.74) is 0.342. The molecule has 0 radical (unpaired) electrons. The number of nitrogens with zero attached hydrogens (tertiary/aromatic N) is 2. The second-order valence-corrected chi connectivity index (χ2v) is 8.01. The van der Waals surface area contributed by atoms with Gasteiger partial charge in [-0.1, -0.05) is 39.8 Å². The fraction of sp³-hybridized carbons (Fsp3) is 0.875. The quantitative estimate of drug-likeness (QED) is 0.922. The van der Waals surface area contributed by atoms with Crippen molar-refractivity contribution in [3.8, 4) is 0 Å². The Hall–Kier alpha value is -0.900. The van der Waals surface area contributed by atoms with Crippen molar-refractivity contribution in [3.05, 3.63) is 11.7 Å². The average Bonchev–Trinajstić information content (AvgIpc) is 2.88. The molecular formula is C16H29N3O. The van der Waals surface area contributed by atoms with Gasteiger partial charge in [0.25, 0.3) is 0 Å². The Morgan fingerprint density at radius 1 is 1.30 bits per heavy atom. The molecule has 0 aliphatic heterocycles. The maximum Gasteiger partial charge on any atom is 0.232 e. The maximum atomic E-state index is 5.41. The molecule has 1 N–H and O–H groups in total. The van der Waals surface area contributed by atoms with Crippen molar-refractivity contribution < 1.29 is 4.52 Å². The molecule has 0 saturated heterocycles. The molecule has 0 spiro atoms. The first-order valence-corrected chi connectivity index (χ1v) is 7.62. The van der Waals surface area contributed by atoms with E-state index in [1.807, 2.05) is 0 Å². The molecule has 1 heterocycles. The minimum atomic E-state index is -0.0735. The van der Waals surface area contributed by atoms with Crippen molar-refractivity contribution in [3.63, 3.8) is 0 Å². The average molecular weight is 279 g/mol. The Kier molecular flexibility index (Phi) is 3.74. The highest BCUT2D eigenvalue weighted by molar-refractivity contribution is 5.08. The van der Waals surface area contributed by atoms with Gasteiger partial charge in [-0.25, -0.2) is 0 Å². The third-order valence-electron chi connectivity index (χ3n) is 5.53. The smallest absolute Gasteiger partial charge is 0.232 e. The fourth-order valence-electron chi connectivity index (χ4n) is 3.26. The number of hydrogen-bond acceptors (Lipinski definition) is 4. The van der Waals surface area contributed by atoms with Crippen molar-refractivity contribution in [2.45, 2.75) is 71.8 Å². The van der Waals surface area contributed by atoms with E-state index in [0.717, 1.165) is 18.1 Å². The normalized spacial score (nSPS) is 29.9. The van der Waals surface area contributed by atoms with Gasteiger partial charge in [0, 0.05) is 17.4 Å². The van der Waals surface area contributed by atoms with E-state index in [9.17, 15) is 0 Å². The zero-order valence-corrected chi connectivity index (χ0v) is 14.0. The molecule has 0 amide bonds. The van der Waals surface area contributed by atoms with Crippen LogP contribution in [0.4, 0.5) is 0 Å². The van der Waals surface area contributed by atoms with E-state index < -0.39 is 0 Å². The molecule has 2 rings (SSSR count). The largest absolute Gasteiger partial charge is 0.339 e. The van der Waals surface area contributed by atoms with Crippen molar-refractivity contribution in [1.82, 2.24) is 15.5 Å². The molecule has 2 atom stereocenters. The minimum absolute atomic E-state index is 0.0735. The summed E-state index contributed by atoms with van der Waals surface area (Å²) in [7, 11) is 2.07. The Labute approximate surface area is 122 Å². The van der Waals surface area contributed by atoms with Gasteiger partial charge in [0.15, 0.2) is 5.82 Å². The lowest BCUT2D eigenvalue weighted by atomic mass is 9.70. The lowest BCUT2D eigenvalue weighted by Crippen LogP contribution is -2.50. The summed E-state index contributed by atoms with van der Waals surface area (Å²) >= 11 is 0. The summed E-state index contributed by atoms with van der Waals surface area (Å²) in [4.78, 5) is 4.59. The number of hydrogen-bond donors (Lipinski definition) is 1. The molecule has 4 heteroatoms. The molecular weight excluding hydrogens is 250 g/mol. The van der Waals surface area contributed by atoms with Gasteiger partial charge in [0.2, 0.25) is 5.89 Å². The highest BCUT2D eigenvalue weighted by Crippen LogP contribution is 2.50. The second kappa shape index (κ2) is 4.83. The first-order chi connectivity index (χ1) is 9.10. The Balaban J connectivity index is 2.14. The van der Waals surface area contributed by atoms with Gasteiger partial charge in [0.1, 0.15) is 0 Å². The molecule has 0 unspecified atom stereocenters. The lowest BCUT2D eigenvalue weighted by Gasteiger charge is -2.41. The van der Waals surface area contributed by atoms with E-state index in [1.54, 1.807) is 0 Å². The van der Waals surface area contributed by atoms with Gasteiger partial charge in [-0.2, -0.15) is 4.98 Å². The van der Waals surface area contributed by atoms with E-state index >= 15 is 0 Å². The van der Waals surface area contributed by atoms with Crippen LogP contribution in [-0.2, 0) is 11.8 Å². The van der Waals surface area contributed by atoms with Crippen LogP contribution in [0.2, 0.25) is 0 Å². The van der Waals surface area contributed by atoms with Crippen LogP contribution in [0, 0.1) is 11.3 Å². The molecule has 1 aromatic heterocycles. The molecule has 1 aliphatic rings. The molecule has 1 aromatic rings. The van der Waals surface area contributed by atoms with Crippen LogP contribution in [0.15, 0.2) is 4.52 Å². The number of rotatable bonds is 3. The zero-order chi connectivity index (χ0) is 15.2. The van der Waals surface area contributed by atoms with E-state index in [0.29, 0.717) is 5.92 Å². The van der Waals surface area contributed by atoms with Crippen LogP contribution in [0.25, 0.3) is 0 Å². The SMILES string of the molecule is CN[C@@]1(C)CC[C@@H](Cc2noc(C(C)(C)C)n2)C1(C)C. The first kappa shape index (κ1) is 15.5. The molecule has 114 valence electrons. The van der Waals surface area contributed by atoms with E-state index in [4.69, 9.17) is 4.52 Å². The van der Waals surface area contributed by atoms with Gasteiger partial charge >= 0.3 is 0 Å². The van der Waals surface area contributed by atoms with E-state index in [-0.39, 0.29) is 16.4 Å². The summed E-state index contributed by atoms with van der Waals surface area (Å²) in [6.07, 6.45) is 3.32. The summed E-state index contributed by atoms with van der Waals surface area (Å²) in [6.45, 7) is 13.3. The highest BCUT2D eigenvalue weighted by atomic mass is 16.5. The van der Waals surface area contributed by atoms with Crippen molar-refractivity contribution in [2.75, 3.05) is 7.05 Å². The molecule has 20 heavy (non-hydrogen) atoms. The fourth-order valence-corrected chi connectivity index (χ4v) is 3.26. The Bertz CT molecular complexity index is 472. The van der Waals surface area contributed by atoms with Gasteiger partial charge in [-0.3, -0.25) is 0 Å². The van der Waals surface area contributed by atoms with Gasteiger partial charge in [-0.15, -0.1) is 0 Å². The third kappa shape index (κ3) is 2.50. The van der Waals surface area contributed by atoms with Crippen LogP contribution in [0.1, 0.15) is 66.1 Å². The predicted octanol–water partition coefficient (Wildman–Crippen LogP) is 3.32. The number of nitrogens with one attached hydrogen (secondary N) is 1. The molecule has 4 nitrogen and oxygen atoms in total. The minimum Gasteiger partial charge on any atom is -0.339 e. The first-order valence-electron chi connectivity index (χ1n) is 7.62. The second-order valence-electron chi connectivity index (χ2n) is 8.01. The monoisotopic (exact) mass is 279 g/mol. The lowest BCUT2D eigenvalue weighted by molar-refractivity contribution is 0.134. The van der Waals surface area contributed by atoms with Crippen LogP contribution in [0.3, 0.4) is 0 Å². The molecule has 0 bridgehead atoms. The molecule has 1 aliphatic carbocycles. The summed E-state index contributed by atoms with van der Waals surface area (Å²) < 4.78 is 5.41. The van der Waals surface area contributed by atoms with Gasteiger partial charge in [-0.05, 0) is 38.1 Å². The predicted molar refractivity (Wildman–Crippen MR) is 80.7 cm³/mol. The Morgan fingerprint density at radius 2 is 1.95 bits per heavy atom. The summed E-state index contributed by atoms with van der Waals surface area (Å²) in [5.74, 6) is 2.18. The van der Waals surface area contributed by atoms with Crippen LogP contribution in [0.5, 0.6) is 0 Å². The summed E-state index contributed by atoms with van der Waals surface area (Å²) in [6, 6.07) is 0. The van der Waals surface area contributed by atoms with E-state index in [1.165, 1.54) is 12.8 Å².